The zero-order valence-electron chi connectivity index (χ0n) is 4.23. The van der Waals surface area contributed by atoms with Crippen LogP contribution in [0.1, 0.15) is 0 Å². The molecule has 0 rings (SSSR count). The summed E-state index contributed by atoms with van der Waals surface area (Å²) in [5, 5.41) is 0. The standard InChI is InChI=1S/C4H4Br4Se/c5-1-3-9(7,8)4-2-6/h1-4H/b3-1+,4-2+. The minimum atomic E-state index is -1.70. The molecule has 0 spiro atoms. The molecule has 0 amide bonds. The molecule has 5 heteroatoms. The van der Waals surface area contributed by atoms with Gasteiger partial charge in [-0.25, -0.2) is 0 Å². The van der Waals surface area contributed by atoms with Crippen LogP contribution in [-0.4, -0.2) is 9.23 Å². The fraction of sp³-hybridized carbons (Fsp3) is 0. The van der Waals surface area contributed by atoms with Crippen LogP contribution in [0.15, 0.2) is 19.9 Å². The van der Waals surface area contributed by atoms with Gasteiger partial charge in [0.25, 0.3) is 0 Å². The first-order valence-electron chi connectivity index (χ1n) is 1.88. The van der Waals surface area contributed by atoms with Crippen LogP contribution in [0.25, 0.3) is 0 Å². The molecule has 0 aliphatic carbocycles. The van der Waals surface area contributed by atoms with Crippen molar-refractivity contribution < 1.29 is 0 Å². The predicted octanol–water partition coefficient (Wildman–Crippen LogP) is 4.11. The first-order valence-corrected chi connectivity index (χ1v) is 13.7. The van der Waals surface area contributed by atoms with Crippen LogP contribution >= 0.6 is 60.1 Å². The summed E-state index contributed by atoms with van der Waals surface area (Å²) in [7, 11) is -1.70. The Morgan fingerprint density at radius 2 is 1.22 bits per heavy atom. The minimum absolute atomic E-state index is 1.70. The van der Waals surface area contributed by atoms with Crippen LogP contribution in [0.2, 0.25) is 0 Å². The molecule has 0 atom stereocenters. The van der Waals surface area contributed by atoms with E-state index < -0.39 is 9.23 Å². The van der Waals surface area contributed by atoms with E-state index in [0.717, 1.165) is 0 Å². The summed E-state index contributed by atoms with van der Waals surface area (Å²) in [6.07, 6.45) is 0. The summed E-state index contributed by atoms with van der Waals surface area (Å²) >= 11 is 13.5. The second-order valence-electron chi connectivity index (χ2n) is 1.07. The molecule has 9 heavy (non-hydrogen) atoms. The average molecular weight is 451 g/mol. The molecule has 54 valence electrons. The maximum atomic E-state index is 3.54. The number of halogens is 4. The van der Waals surface area contributed by atoms with Gasteiger partial charge in [-0.3, -0.25) is 0 Å². The summed E-state index contributed by atoms with van der Waals surface area (Å²) < 4.78 is 0. The molecule has 0 aromatic heterocycles. The van der Waals surface area contributed by atoms with E-state index >= 15 is 0 Å². The first kappa shape index (κ1) is 10.9. The Morgan fingerprint density at radius 1 is 0.889 bits per heavy atom. The van der Waals surface area contributed by atoms with Gasteiger partial charge in [0, 0.05) is 0 Å². The van der Waals surface area contributed by atoms with Crippen LogP contribution in [0.5, 0.6) is 0 Å². The van der Waals surface area contributed by atoms with Crippen molar-refractivity contribution in [1.82, 2.24) is 0 Å². The second-order valence-corrected chi connectivity index (χ2v) is 21.2. The van der Waals surface area contributed by atoms with E-state index in [1.54, 1.807) is 0 Å². The Kier molecular flexibility index (Phi) is 6.74. The van der Waals surface area contributed by atoms with Crippen LogP contribution in [0, 0.1) is 0 Å². The van der Waals surface area contributed by atoms with Gasteiger partial charge in [-0.05, 0) is 0 Å². The molecule has 0 aliphatic rings. The van der Waals surface area contributed by atoms with Crippen LogP contribution < -0.4 is 0 Å². The van der Waals surface area contributed by atoms with Gasteiger partial charge in [0.2, 0.25) is 0 Å². The van der Waals surface area contributed by atoms with Crippen molar-refractivity contribution in [2.45, 2.75) is 0 Å². The van der Waals surface area contributed by atoms with Gasteiger partial charge in [-0.1, -0.05) is 0 Å². The van der Waals surface area contributed by atoms with Crippen molar-refractivity contribution in [2.75, 3.05) is 0 Å². The molecule has 0 N–H and O–H groups in total. The predicted molar refractivity (Wildman–Crippen MR) is 59.7 cm³/mol. The maximum absolute atomic E-state index is 3.54. The second kappa shape index (κ2) is 5.55. The van der Waals surface area contributed by atoms with Gasteiger partial charge >= 0.3 is 89.2 Å². The van der Waals surface area contributed by atoms with Gasteiger partial charge in [0.05, 0.1) is 0 Å². The molecule has 0 saturated heterocycles. The molecular weight excluding hydrogens is 447 g/mol. The van der Waals surface area contributed by atoms with E-state index in [1.165, 1.54) is 0 Å². The van der Waals surface area contributed by atoms with E-state index in [2.05, 4.69) is 70.0 Å². The van der Waals surface area contributed by atoms with Gasteiger partial charge in [0.1, 0.15) is 0 Å². The third-order valence-corrected chi connectivity index (χ3v) is 9.15. The van der Waals surface area contributed by atoms with Gasteiger partial charge in [-0.15, -0.1) is 0 Å². The fourth-order valence-corrected chi connectivity index (χ4v) is 12.7. The topological polar surface area (TPSA) is 0 Å². The Bertz CT molecular complexity index is 115. The van der Waals surface area contributed by atoms with Crippen molar-refractivity contribution in [3.05, 3.63) is 19.9 Å². The molecule has 0 aromatic carbocycles. The Labute approximate surface area is 88.0 Å². The molecule has 0 aromatic rings. The molecule has 0 unspecified atom stereocenters. The average Bonchev–Trinajstić information content (AvgIpc) is 1.64. The quantitative estimate of drug-likeness (QED) is 0.556. The SMILES string of the molecule is Br/C=C/[Se](Br)(Br)/C=C/Br. The number of rotatable bonds is 2. The van der Waals surface area contributed by atoms with Crippen molar-refractivity contribution >= 4 is 69.3 Å². The van der Waals surface area contributed by atoms with Gasteiger partial charge < -0.3 is 0 Å². The summed E-state index contributed by atoms with van der Waals surface area (Å²) in [5.41, 5.74) is 0. The Balaban J connectivity index is 4.01. The van der Waals surface area contributed by atoms with Crippen LogP contribution in [-0.2, 0) is 0 Å². The summed E-state index contributed by atoms with van der Waals surface area (Å²) in [4.78, 5) is 7.83. The van der Waals surface area contributed by atoms with Crippen molar-refractivity contribution in [3.63, 3.8) is 0 Å². The molecule has 0 saturated carbocycles. The number of hydrogen-bond donors (Lipinski definition) is 0. The fourth-order valence-electron chi connectivity index (χ4n) is 0.183. The van der Waals surface area contributed by atoms with Crippen molar-refractivity contribution in [2.24, 2.45) is 0 Å². The Morgan fingerprint density at radius 3 is 1.44 bits per heavy atom. The molecule has 0 aliphatic heterocycles. The summed E-state index contributed by atoms with van der Waals surface area (Å²) in [5.74, 6) is 0. The van der Waals surface area contributed by atoms with E-state index in [4.69, 9.17) is 0 Å². The first-order chi connectivity index (χ1) is 4.12. The zero-order chi connectivity index (χ0) is 7.33. The molecule has 0 fully saturated rings. The normalized spacial score (nSPS) is 15.6. The molecule has 0 bridgehead atoms. The summed E-state index contributed by atoms with van der Waals surface area (Å²) in [6.45, 7) is 0. The van der Waals surface area contributed by atoms with E-state index in [-0.39, 0.29) is 0 Å². The molecule has 0 heterocycles. The Hall–Kier alpha value is 1.92. The van der Waals surface area contributed by atoms with E-state index in [1.807, 2.05) is 9.97 Å². The van der Waals surface area contributed by atoms with E-state index in [0.29, 0.717) is 0 Å². The molecule has 0 radical (unpaired) electrons. The van der Waals surface area contributed by atoms with Crippen molar-refractivity contribution in [1.29, 1.82) is 0 Å². The van der Waals surface area contributed by atoms with E-state index in [9.17, 15) is 0 Å². The third-order valence-electron chi connectivity index (χ3n) is 0.466. The molecule has 0 nitrogen and oxygen atoms in total. The third kappa shape index (κ3) is 6.32. The monoisotopic (exact) mass is 448 g/mol. The summed E-state index contributed by atoms with van der Waals surface area (Å²) in [6, 6.07) is 0. The number of hydrogen-bond acceptors (Lipinski definition) is 0. The van der Waals surface area contributed by atoms with Gasteiger partial charge in [-0.2, -0.15) is 0 Å². The van der Waals surface area contributed by atoms with Crippen molar-refractivity contribution in [3.8, 4) is 0 Å². The molecular formula is C4H4Br4Se. The van der Waals surface area contributed by atoms with Crippen LogP contribution in [0.3, 0.4) is 0 Å². The van der Waals surface area contributed by atoms with Crippen LogP contribution in [0.4, 0.5) is 0 Å². The van der Waals surface area contributed by atoms with Gasteiger partial charge in [0.15, 0.2) is 0 Å². The zero-order valence-corrected chi connectivity index (χ0v) is 12.3.